The van der Waals surface area contributed by atoms with Crippen molar-refractivity contribution >= 4 is 0 Å². The van der Waals surface area contributed by atoms with E-state index in [0.717, 1.165) is 19.0 Å². The summed E-state index contributed by atoms with van der Waals surface area (Å²) < 4.78 is 0. The molecule has 3 rings (SSSR count). The van der Waals surface area contributed by atoms with Gasteiger partial charge in [-0.15, -0.1) is 0 Å². The van der Waals surface area contributed by atoms with Crippen LogP contribution in [0, 0.1) is 11.8 Å². The Morgan fingerprint density at radius 2 is 1.84 bits per heavy atom. The van der Waals surface area contributed by atoms with Gasteiger partial charge in [-0.2, -0.15) is 0 Å². The lowest BCUT2D eigenvalue weighted by Gasteiger charge is -2.36. The van der Waals surface area contributed by atoms with Crippen molar-refractivity contribution in [2.75, 3.05) is 6.54 Å². The Morgan fingerprint density at radius 1 is 1.16 bits per heavy atom. The molecule has 1 aliphatic carbocycles. The molecular formula is C17H26N2. The topological polar surface area (TPSA) is 29.3 Å². The summed E-state index contributed by atoms with van der Waals surface area (Å²) in [7, 11) is 0. The van der Waals surface area contributed by atoms with Crippen molar-refractivity contribution in [3.63, 3.8) is 0 Å². The van der Waals surface area contributed by atoms with Gasteiger partial charge in [0.1, 0.15) is 0 Å². The average Bonchev–Trinajstić information content (AvgIpc) is 2.83. The highest BCUT2D eigenvalue weighted by Gasteiger charge is 2.30. The van der Waals surface area contributed by atoms with E-state index < -0.39 is 0 Å². The second-order valence-corrected chi connectivity index (χ2v) is 6.45. The predicted molar refractivity (Wildman–Crippen MR) is 79.7 cm³/mol. The smallest absolute Gasteiger partial charge is 0.0240 e. The van der Waals surface area contributed by atoms with E-state index in [2.05, 4.69) is 36.1 Å². The van der Waals surface area contributed by atoms with E-state index in [9.17, 15) is 0 Å². The Morgan fingerprint density at radius 3 is 2.47 bits per heavy atom. The van der Waals surface area contributed by atoms with Crippen molar-refractivity contribution in [2.24, 2.45) is 17.6 Å². The van der Waals surface area contributed by atoms with Gasteiger partial charge in [-0.25, -0.2) is 0 Å². The van der Waals surface area contributed by atoms with Gasteiger partial charge in [0, 0.05) is 25.7 Å². The minimum absolute atomic E-state index is 0.423. The van der Waals surface area contributed by atoms with Crippen molar-refractivity contribution in [2.45, 2.75) is 51.7 Å². The maximum atomic E-state index is 6.35. The maximum absolute atomic E-state index is 6.35. The van der Waals surface area contributed by atoms with Crippen LogP contribution in [0.25, 0.3) is 0 Å². The predicted octanol–water partition coefficient (Wildman–Crippen LogP) is 3.16. The molecule has 19 heavy (non-hydrogen) atoms. The Bertz CT molecular complexity index is 404. The van der Waals surface area contributed by atoms with Crippen LogP contribution >= 0.6 is 0 Å². The Hall–Kier alpha value is -0.860. The lowest BCUT2D eigenvalue weighted by atomic mass is 9.77. The van der Waals surface area contributed by atoms with Crippen LogP contribution in [0.1, 0.15) is 43.7 Å². The van der Waals surface area contributed by atoms with Gasteiger partial charge in [0.25, 0.3) is 0 Å². The molecule has 104 valence electrons. The van der Waals surface area contributed by atoms with Gasteiger partial charge in [0.2, 0.25) is 0 Å². The van der Waals surface area contributed by atoms with Gasteiger partial charge in [-0.05, 0) is 42.2 Å². The highest BCUT2D eigenvalue weighted by atomic mass is 15.1. The van der Waals surface area contributed by atoms with Crippen molar-refractivity contribution in [3.8, 4) is 0 Å². The zero-order valence-corrected chi connectivity index (χ0v) is 12.0. The third-order valence-electron chi connectivity index (χ3n) is 5.13. The monoisotopic (exact) mass is 258 g/mol. The number of nitrogens with two attached hydrogens (primary N) is 1. The molecule has 0 bridgehead atoms. The number of fused-ring (bicyclic) bond motifs is 1. The first-order valence-corrected chi connectivity index (χ1v) is 7.81. The van der Waals surface area contributed by atoms with E-state index in [4.69, 9.17) is 5.73 Å². The second kappa shape index (κ2) is 5.64. The molecule has 3 unspecified atom stereocenters. The summed E-state index contributed by atoms with van der Waals surface area (Å²) in [5, 5.41) is 0. The summed E-state index contributed by atoms with van der Waals surface area (Å²) in [5.41, 5.74) is 9.38. The fourth-order valence-corrected chi connectivity index (χ4v) is 3.83. The Labute approximate surface area is 117 Å². The summed E-state index contributed by atoms with van der Waals surface area (Å²) in [6, 6.07) is 9.27. The average molecular weight is 258 g/mol. The molecule has 3 atom stereocenters. The number of hydrogen-bond donors (Lipinski definition) is 1. The molecule has 0 amide bonds. The highest BCUT2D eigenvalue weighted by molar-refractivity contribution is 5.30. The van der Waals surface area contributed by atoms with Gasteiger partial charge in [-0.3, -0.25) is 4.90 Å². The largest absolute Gasteiger partial charge is 0.327 e. The maximum Gasteiger partial charge on any atom is 0.0240 e. The summed E-state index contributed by atoms with van der Waals surface area (Å²) in [6.45, 7) is 5.75. The molecule has 0 spiro atoms. The van der Waals surface area contributed by atoms with E-state index >= 15 is 0 Å². The SMILES string of the molecule is CCC1CCC(N)C(CN2Cc3ccccc3C2)C1. The standard InChI is InChI=1S/C17H26N2/c1-2-13-7-8-17(18)16(9-13)12-19-10-14-5-3-4-6-15(14)11-19/h3-6,13,16-17H,2,7-12,18H2,1H3. The quantitative estimate of drug-likeness (QED) is 0.902. The molecular weight excluding hydrogens is 232 g/mol. The summed E-state index contributed by atoms with van der Waals surface area (Å²) in [5.74, 6) is 1.61. The van der Waals surface area contributed by atoms with Crippen LogP contribution in [0.4, 0.5) is 0 Å². The Kier molecular flexibility index (Phi) is 3.90. The first-order chi connectivity index (χ1) is 9.26. The van der Waals surface area contributed by atoms with Gasteiger partial charge < -0.3 is 5.73 Å². The van der Waals surface area contributed by atoms with Gasteiger partial charge in [0.05, 0.1) is 0 Å². The van der Waals surface area contributed by atoms with E-state index in [1.807, 2.05) is 0 Å². The molecule has 0 aromatic heterocycles. The van der Waals surface area contributed by atoms with Crippen molar-refractivity contribution < 1.29 is 0 Å². The summed E-state index contributed by atoms with van der Waals surface area (Å²) >= 11 is 0. The van der Waals surface area contributed by atoms with Gasteiger partial charge in [0.15, 0.2) is 0 Å². The molecule has 1 aromatic rings. The molecule has 1 aliphatic heterocycles. The van der Waals surface area contributed by atoms with Crippen LogP contribution in [0.5, 0.6) is 0 Å². The normalized spacial score (nSPS) is 31.4. The van der Waals surface area contributed by atoms with Crippen molar-refractivity contribution in [1.82, 2.24) is 4.90 Å². The fraction of sp³-hybridized carbons (Fsp3) is 0.647. The van der Waals surface area contributed by atoms with Crippen LogP contribution < -0.4 is 5.73 Å². The van der Waals surface area contributed by atoms with Crippen LogP contribution in [0.15, 0.2) is 24.3 Å². The van der Waals surface area contributed by atoms with Crippen molar-refractivity contribution in [3.05, 3.63) is 35.4 Å². The molecule has 1 fully saturated rings. The van der Waals surface area contributed by atoms with E-state index in [-0.39, 0.29) is 0 Å². The molecule has 2 nitrogen and oxygen atoms in total. The lowest BCUT2D eigenvalue weighted by molar-refractivity contribution is 0.154. The third-order valence-corrected chi connectivity index (χ3v) is 5.13. The molecule has 2 N–H and O–H groups in total. The van der Waals surface area contributed by atoms with E-state index in [1.165, 1.54) is 43.4 Å². The molecule has 0 radical (unpaired) electrons. The van der Waals surface area contributed by atoms with Gasteiger partial charge in [-0.1, -0.05) is 37.6 Å². The number of hydrogen-bond acceptors (Lipinski definition) is 2. The zero-order chi connectivity index (χ0) is 13.2. The second-order valence-electron chi connectivity index (χ2n) is 6.45. The highest BCUT2D eigenvalue weighted by Crippen LogP contribution is 2.32. The van der Waals surface area contributed by atoms with Crippen molar-refractivity contribution in [1.29, 1.82) is 0 Å². The number of rotatable bonds is 3. The molecule has 0 saturated heterocycles. The summed E-state index contributed by atoms with van der Waals surface area (Å²) in [4.78, 5) is 2.59. The van der Waals surface area contributed by atoms with Crippen LogP contribution in [-0.2, 0) is 13.1 Å². The molecule has 1 saturated carbocycles. The van der Waals surface area contributed by atoms with E-state index in [1.54, 1.807) is 0 Å². The number of nitrogens with zero attached hydrogens (tertiary/aromatic N) is 1. The first kappa shape index (κ1) is 13.1. The van der Waals surface area contributed by atoms with Crippen LogP contribution in [-0.4, -0.2) is 17.5 Å². The fourth-order valence-electron chi connectivity index (χ4n) is 3.83. The molecule has 2 heteroatoms. The molecule has 2 aliphatic rings. The minimum atomic E-state index is 0.423. The molecule has 1 heterocycles. The van der Waals surface area contributed by atoms with Gasteiger partial charge >= 0.3 is 0 Å². The Balaban J connectivity index is 1.60. The minimum Gasteiger partial charge on any atom is -0.327 e. The zero-order valence-electron chi connectivity index (χ0n) is 12.0. The lowest BCUT2D eigenvalue weighted by Crippen LogP contribution is -2.41. The first-order valence-electron chi connectivity index (χ1n) is 7.81. The van der Waals surface area contributed by atoms with E-state index in [0.29, 0.717) is 12.0 Å². The molecule has 1 aromatic carbocycles. The summed E-state index contributed by atoms with van der Waals surface area (Å²) in [6.07, 6.45) is 5.23. The third kappa shape index (κ3) is 2.85. The van der Waals surface area contributed by atoms with Crippen LogP contribution in [0.2, 0.25) is 0 Å². The van der Waals surface area contributed by atoms with Crippen LogP contribution in [0.3, 0.4) is 0 Å². The number of benzene rings is 1.